The van der Waals surface area contributed by atoms with Crippen LogP contribution in [0.25, 0.3) is 72.0 Å². The largest absolute Gasteiger partial charge is 0.454 e. The summed E-state index contributed by atoms with van der Waals surface area (Å²) in [6, 6.07) is 64.8. The molecular weight excluding hydrogens is 877 g/mol. The van der Waals surface area contributed by atoms with Crippen LogP contribution >= 0.6 is 0 Å². The second-order valence-electron chi connectivity index (χ2n) is 17.7. The Morgan fingerprint density at radius 1 is 0.528 bits per heavy atom. The molecule has 0 N–H and O–H groups in total. The molecule has 10 rings (SSSR count). The van der Waals surface area contributed by atoms with E-state index in [1.54, 1.807) is 0 Å². The van der Waals surface area contributed by atoms with Gasteiger partial charge in [0.1, 0.15) is 11.3 Å². The zero-order valence-corrected chi connectivity index (χ0v) is 42.5. The lowest BCUT2D eigenvalue weighted by Gasteiger charge is -2.14. The highest BCUT2D eigenvalue weighted by Gasteiger charge is 2.20. The Hall–Kier alpha value is -8.54. The minimum absolute atomic E-state index is 0.729. The molecule has 5 nitrogen and oxygen atoms in total. The van der Waals surface area contributed by atoms with E-state index in [-0.39, 0.29) is 0 Å². The van der Waals surface area contributed by atoms with Crippen molar-refractivity contribution >= 4 is 61.2 Å². The molecular formula is C67H62N4O. The first kappa shape index (κ1) is 49.9. The molecule has 0 radical (unpaired) electrons. The number of pyridine rings is 2. The zero-order chi connectivity index (χ0) is 50.4. The lowest BCUT2D eigenvalue weighted by atomic mass is 9.94. The predicted octanol–water partition coefficient (Wildman–Crippen LogP) is 18.5. The van der Waals surface area contributed by atoms with Crippen molar-refractivity contribution in [3.63, 3.8) is 0 Å². The molecule has 0 spiro atoms. The summed E-state index contributed by atoms with van der Waals surface area (Å²) in [6.45, 7) is 19.2. The van der Waals surface area contributed by atoms with Crippen LogP contribution in [0.5, 0.6) is 0 Å². The Balaban J connectivity index is 0.00000110. The van der Waals surface area contributed by atoms with Crippen molar-refractivity contribution in [1.82, 2.24) is 9.97 Å². The van der Waals surface area contributed by atoms with Gasteiger partial charge < -0.3 is 4.42 Å². The van der Waals surface area contributed by atoms with E-state index in [1.807, 2.05) is 67.8 Å². The van der Waals surface area contributed by atoms with E-state index < -0.39 is 0 Å². The van der Waals surface area contributed by atoms with Crippen molar-refractivity contribution in [3.05, 3.63) is 258 Å². The first-order valence-corrected chi connectivity index (χ1v) is 25.0. The number of aromatic nitrogens is 2. The summed E-state index contributed by atoms with van der Waals surface area (Å²) < 4.78 is 6.69. The number of benzene rings is 7. The highest BCUT2D eigenvalue weighted by atomic mass is 16.3. The van der Waals surface area contributed by atoms with Crippen LogP contribution in [-0.2, 0) is 0 Å². The fourth-order valence-corrected chi connectivity index (χ4v) is 8.61. The lowest BCUT2D eigenvalue weighted by molar-refractivity contribution is 0.602. The average molecular weight is 939 g/mol. The number of allylic oxidation sites excluding steroid dienone is 3. The first-order valence-electron chi connectivity index (χ1n) is 25.0. The molecule has 356 valence electrons. The fourth-order valence-electron chi connectivity index (χ4n) is 8.61. The number of hydrogen-bond donors (Lipinski definition) is 0. The van der Waals surface area contributed by atoms with Gasteiger partial charge >= 0.3 is 0 Å². The second-order valence-corrected chi connectivity index (χ2v) is 17.7. The van der Waals surface area contributed by atoms with Gasteiger partial charge in [0.05, 0.1) is 22.4 Å². The molecule has 0 saturated heterocycles. The summed E-state index contributed by atoms with van der Waals surface area (Å²) in [5.74, 6) is 0.729. The molecule has 0 aliphatic heterocycles. The quantitative estimate of drug-likeness (QED) is 0.0737. The summed E-state index contributed by atoms with van der Waals surface area (Å²) in [5.41, 5.74) is 17.0. The van der Waals surface area contributed by atoms with Gasteiger partial charge in [-0.1, -0.05) is 199 Å². The number of rotatable bonds is 11. The summed E-state index contributed by atoms with van der Waals surface area (Å²) in [6.07, 6.45) is 10.3. The Morgan fingerprint density at radius 2 is 1.07 bits per heavy atom. The van der Waals surface area contributed by atoms with Gasteiger partial charge in [0, 0.05) is 56.5 Å². The van der Waals surface area contributed by atoms with Crippen LogP contribution in [0.3, 0.4) is 0 Å². The van der Waals surface area contributed by atoms with Gasteiger partial charge in [-0.05, 0) is 108 Å². The van der Waals surface area contributed by atoms with E-state index in [0.29, 0.717) is 0 Å². The standard InChI is InChI=1S/C61H46N4O.2C3H8/c1-5-55(51-37-49(45-21-11-7-12-22-45)36-50(38-51)46-23-13-8-14-24-46)65-59(61-41(3)52-26-15-16-28-57(52)66-61)47-31-29-44(30-32-47)42(4)64-56(35-40(2)43-19-9-6-10-20-43)54-39-48-25-17-33-62-58(48)60-53(54)27-18-34-63-60;2*1-3-2/h5-39H,2H2,1,3-4H3;2*3H2,1-2H3/b55-5-,56-35-,64-42?,65-59?;;. The van der Waals surface area contributed by atoms with E-state index in [9.17, 15) is 0 Å². The van der Waals surface area contributed by atoms with Crippen LogP contribution in [0, 0.1) is 6.92 Å². The highest BCUT2D eigenvalue weighted by Crippen LogP contribution is 2.36. The number of aliphatic imine (C=N–C) groups is 2. The molecule has 0 fully saturated rings. The topological polar surface area (TPSA) is 63.6 Å². The molecule has 0 saturated carbocycles. The molecule has 7 aromatic carbocycles. The molecule has 5 heteroatoms. The van der Waals surface area contributed by atoms with Crippen LogP contribution in [0.2, 0.25) is 0 Å². The minimum Gasteiger partial charge on any atom is -0.454 e. The van der Waals surface area contributed by atoms with Crippen LogP contribution in [0.15, 0.2) is 234 Å². The molecule has 0 aliphatic rings. The predicted molar refractivity (Wildman–Crippen MR) is 309 cm³/mol. The van der Waals surface area contributed by atoms with E-state index in [4.69, 9.17) is 24.4 Å². The van der Waals surface area contributed by atoms with Crippen LogP contribution in [0.4, 0.5) is 0 Å². The maximum atomic E-state index is 6.69. The monoisotopic (exact) mass is 938 g/mol. The normalized spacial score (nSPS) is 12.0. The number of aryl methyl sites for hydroxylation is 1. The van der Waals surface area contributed by atoms with E-state index >= 15 is 0 Å². The minimum atomic E-state index is 0.729. The number of fused-ring (bicyclic) bond motifs is 4. The third-order valence-electron chi connectivity index (χ3n) is 12.1. The van der Waals surface area contributed by atoms with Gasteiger partial charge in [-0.15, -0.1) is 0 Å². The number of furan rings is 1. The van der Waals surface area contributed by atoms with Crippen molar-refractivity contribution in [2.75, 3.05) is 0 Å². The fraction of sp³-hybridized carbons (Fsp3) is 0.134. The van der Waals surface area contributed by atoms with Gasteiger partial charge in [0.25, 0.3) is 0 Å². The van der Waals surface area contributed by atoms with Gasteiger partial charge in [-0.2, -0.15) is 0 Å². The third kappa shape index (κ3) is 11.4. The Bertz CT molecular complexity index is 3520. The van der Waals surface area contributed by atoms with Crippen LogP contribution in [-0.4, -0.2) is 21.4 Å². The van der Waals surface area contributed by atoms with Crippen molar-refractivity contribution < 1.29 is 4.42 Å². The molecule has 3 heterocycles. The second kappa shape index (κ2) is 23.9. The number of hydrogen-bond acceptors (Lipinski definition) is 5. The Kier molecular flexibility index (Phi) is 16.5. The number of nitrogens with zero attached hydrogens (tertiary/aromatic N) is 4. The third-order valence-corrected chi connectivity index (χ3v) is 12.1. The molecule has 72 heavy (non-hydrogen) atoms. The molecule has 0 atom stereocenters. The van der Waals surface area contributed by atoms with E-state index in [1.165, 1.54) is 12.8 Å². The molecule has 0 amide bonds. The van der Waals surface area contributed by atoms with Gasteiger partial charge in [0.15, 0.2) is 5.76 Å². The maximum absolute atomic E-state index is 6.69. The Morgan fingerprint density at radius 3 is 1.68 bits per heavy atom. The van der Waals surface area contributed by atoms with E-state index in [2.05, 4.69) is 200 Å². The summed E-state index contributed by atoms with van der Waals surface area (Å²) in [4.78, 5) is 20.4. The molecule has 0 unspecified atom stereocenters. The maximum Gasteiger partial charge on any atom is 0.157 e. The van der Waals surface area contributed by atoms with Crippen LogP contribution in [0.1, 0.15) is 93.5 Å². The lowest BCUT2D eigenvalue weighted by Crippen LogP contribution is -2.06. The highest BCUT2D eigenvalue weighted by molar-refractivity contribution is 6.16. The van der Waals surface area contributed by atoms with Gasteiger partial charge in [0.2, 0.25) is 0 Å². The van der Waals surface area contributed by atoms with Crippen LogP contribution < -0.4 is 0 Å². The molecule has 10 aromatic rings. The van der Waals surface area contributed by atoms with Gasteiger partial charge in [-0.25, -0.2) is 4.99 Å². The van der Waals surface area contributed by atoms with Crippen molar-refractivity contribution in [2.45, 2.75) is 61.3 Å². The van der Waals surface area contributed by atoms with Crippen molar-refractivity contribution in [2.24, 2.45) is 9.98 Å². The van der Waals surface area contributed by atoms with E-state index in [0.717, 1.165) is 123 Å². The summed E-state index contributed by atoms with van der Waals surface area (Å²) in [5, 5.41) is 3.01. The average Bonchev–Trinajstić information content (AvgIpc) is 3.77. The van der Waals surface area contributed by atoms with Crippen molar-refractivity contribution in [3.8, 4) is 22.3 Å². The molecule has 3 aromatic heterocycles. The molecule has 0 bridgehead atoms. The SMILES string of the molecule is C=C(/C=C(\N=C(C)c1ccc(C(=N/C(=C\C)c2cc(-c3ccccc3)cc(-c3ccccc3)c2)c2oc3ccccc3c2C)cc1)c1cc2cccnc2c2ncccc12)c1ccccc1.CCC.CCC. The number of para-hydroxylation sites is 1. The molecule has 0 aliphatic carbocycles. The summed E-state index contributed by atoms with van der Waals surface area (Å²) >= 11 is 0. The van der Waals surface area contributed by atoms with Gasteiger partial charge in [-0.3, -0.25) is 15.0 Å². The smallest absolute Gasteiger partial charge is 0.157 e. The van der Waals surface area contributed by atoms with Crippen molar-refractivity contribution in [1.29, 1.82) is 0 Å². The first-order chi connectivity index (χ1) is 35.2. The Labute approximate surface area is 425 Å². The zero-order valence-electron chi connectivity index (χ0n) is 42.5. The summed E-state index contributed by atoms with van der Waals surface area (Å²) in [7, 11) is 0.